The molecule has 9 nitrogen and oxygen atoms in total. The van der Waals surface area contributed by atoms with Crippen molar-refractivity contribution in [3.8, 4) is 11.5 Å². The Bertz CT molecular complexity index is 1270. The summed E-state index contributed by atoms with van der Waals surface area (Å²) in [5.41, 5.74) is 13.1. The fourth-order valence-corrected chi connectivity index (χ4v) is 4.55. The van der Waals surface area contributed by atoms with Gasteiger partial charge < -0.3 is 30.7 Å². The Morgan fingerprint density at radius 3 is 2.44 bits per heavy atom. The van der Waals surface area contributed by atoms with E-state index in [9.17, 15) is 9.18 Å². The standard InChI is InChI=1S/C25H30F2N6O3/c1-13-12-33(14(2)11-32(13)20(34)10-18(28)15-5-7-16(26)8-6-15)25-30-22-17(24(29)31-25)9-19(35-3)23(36-4)21(22)27/h5-9,13-14,18H,10-12,28H2,1-4H3,(H2,29,30,31)/t13-,14+,18-/m1/s1. The van der Waals surface area contributed by atoms with Gasteiger partial charge in [-0.25, -0.2) is 13.8 Å². The molecule has 1 saturated heterocycles. The van der Waals surface area contributed by atoms with Crippen LogP contribution in [0, 0.1) is 11.6 Å². The third-order valence-electron chi connectivity index (χ3n) is 6.55. The van der Waals surface area contributed by atoms with Crippen molar-refractivity contribution in [2.75, 3.05) is 37.9 Å². The van der Waals surface area contributed by atoms with E-state index in [0.29, 0.717) is 24.0 Å². The van der Waals surface area contributed by atoms with E-state index in [1.807, 2.05) is 18.7 Å². The first-order valence-corrected chi connectivity index (χ1v) is 11.6. The van der Waals surface area contributed by atoms with Crippen LogP contribution in [0.25, 0.3) is 10.9 Å². The molecule has 11 heteroatoms. The van der Waals surface area contributed by atoms with Crippen molar-refractivity contribution in [3.63, 3.8) is 0 Å². The lowest BCUT2D eigenvalue weighted by molar-refractivity contribution is -0.134. The average Bonchev–Trinajstić information content (AvgIpc) is 2.85. The molecule has 1 aliphatic heterocycles. The Balaban J connectivity index is 1.55. The average molecular weight is 501 g/mol. The predicted molar refractivity (Wildman–Crippen MR) is 133 cm³/mol. The van der Waals surface area contributed by atoms with Crippen LogP contribution in [0.15, 0.2) is 30.3 Å². The number of halogens is 2. The zero-order valence-electron chi connectivity index (χ0n) is 20.7. The number of methoxy groups -OCH3 is 2. The van der Waals surface area contributed by atoms with E-state index in [2.05, 4.69) is 9.97 Å². The number of piperazine rings is 1. The normalized spacial score (nSPS) is 18.9. The Morgan fingerprint density at radius 1 is 1.11 bits per heavy atom. The van der Waals surface area contributed by atoms with Crippen LogP contribution in [0.4, 0.5) is 20.5 Å². The fraction of sp³-hybridized carbons (Fsp3) is 0.400. The number of fused-ring (bicyclic) bond motifs is 1. The molecule has 3 atom stereocenters. The molecule has 0 unspecified atom stereocenters. The summed E-state index contributed by atoms with van der Waals surface area (Å²) in [7, 11) is 2.76. The molecule has 4 rings (SSSR count). The molecule has 1 fully saturated rings. The summed E-state index contributed by atoms with van der Waals surface area (Å²) in [4.78, 5) is 25.6. The van der Waals surface area contributed by atoms with E-state index in [1.165, 1.54) is 26.4 Å². The van der Waals surface area contributed by atoms with E-state index in [4.69, 9.17) is 20.9 Å². The quantitative estimate of drug-likeness (QED) is 0.530. The number of nitrogens with two attached hydrogens (primary N) is 2. The number of nitrogen functional groups attached to an aromatic ring is 1. The topological polar surface area (TPSA) is 120 Å². The molecule has 4 N–H and O–H groups in total. The van der Waals surface area contributed by atoms with E-state index < -0.39 is 11.9 Å². The third-order valence-corrected chi connectivity index (χ3v) is 6.55. The lowest BCUT2D eigenvalue weighted by Crippen LogP contribution is -2.58. The van der Waals surface area contributed by atoms with Gasteiger partial charge in [0.25, 0.3) is 0 Å². The number of carbonyl (C=O) groups is 1. The SMILES string of the molecule is COc1cc2c(N)nc(N3C[C@@H](C)N(C(=O)C[C@@H](N)c4ccc(F)cc4)C[C@@H]3C)nc2c(F)c1OC. The molecule has 0 saturated carbocycles. The molecular formula is C25H30F2N6O3. The van der Waals surface area contributed by atoms with E-state index in [0.717, 1.165) is 0 Å². The van der Waals surface area contributed by atoms with Gasteiger partial charge in [-0.1, -0.05) is 12.1 Å². The van der Waals surface area contributed by atoms with Crippen molar-refractivity contribution in [3.05, 3.63) is 47.5 Å². The summed E-state index contributed by atoms with van der Waals surface area (Å²) < 4.78 is 38.8. The Kier molecular flexibility index (Phi) is 7.11. The Hall–Kier alpha value is -3.73. The van der Waals surface area contributed by atoms with Crippen molar-refractivity contribution in [1.29, 1.82) is 0 Å². The molecule has 2 aromatic carbocycles. The molecule has 0 bridgehead atoms. The minimum Gasteiger partial charge on any atom is -0.493 e. The summed E-state index contributed by atoms with van der Waals surface area (Å²) >= 11 is 0. The smallest absolute Gasteiger partial charge is 0.228 e. The maximum absolute atomic E-state index is 15.2. The summed E-state index contributed by atoms with van der Waals surface area (Å²) in [6.45, 7) is 4.66. The highest BCUT2D eigenvalue weighted by Gasteiger charge is 2.34. The maximum atomic E-state index is 15.2. The maximum Gasteiger partial charge on any atom is 0.228 e. The number of hydrogen-bond acceptors (Lipinski definition) is 8. The van der Waals surface area contributed by atoms with Crippen LogP contribution in [0.1, 0.15) is 31.9 Å². The van der Waals surface area contributed by atoms with Gasteiger partial charge in [0.15, 0.2) is 17.3 Å². The minimum atomic E-state index is -0.688. The van der Waals surface area contributed by atoms with Gasteiger partial charge in [0.1, 0.15) is 17.2 Å². The second-order valence-electron chi connectivity index (χ2n) is 8.99. The summed E-state index contributed by atoms with van der Waals surface area (Å²) in [6.07, 6.45) is 0.0922. The molecule has 3 aromatic rings. The monoisotopic (exact) mass is 500 g/mol. The molecule has 0 radical (unpaired) electrons. The predicted octanol–water partition coefficient (Wildman–Crippen LogP) is 3.02. The van der Waals surface area contributed by atoms with Crippen LogP contribution >= 0.6 is 0 Å². The molecule has 0 aliphatic carbocycles. The van der Waals surface area contributed by atoms with Crippen molar-refractivity contribution in [2.45, 2.75) is 38.4 Å². The first kappa shape index (κ1) is 25.4. The first-order valence-electron chi connectivity index (χ1n) is 11.6. The molecule has 192 valence electrons. The van der Waals surface area contributed by atoms with Gasteiger partial charge in [-0.15, -0.1) is 0 Å². The van der Waals surface area contributed by atoms with Gasteiger partial charge >= 0.3 is 0 Å². The lowest BCUT2D eigenvalue weighted by Gasteiger charge is -2.44. The highest BCUT2D eigenvalue weighted by atomic mass is 19.1. The van der Waals surface area contributed by atoms with Gasteiger partial charge in [-0.2, -0.15) is 4.98 Å². The number of amides is 1. The third kappa shape index (κ3) is 4.70. The molecule has 1 amide bonds. The van der Waals surface area contributed by atoms with Crippen LogP contribution in [0.5, 0.6) is 11.5 Å². The van der Waals surface area contributed by atoms with Gasteiger partial charge in [0.05, 0.1) is 14.2 Å². The fourth-order valence-electron chi connectivity index (χ4n) is 4.55. The van der Waals surface area contributed by atoms with Crippen LogP contribution in [0.2, 0.25) is 0 Å². The highest BCUT2D eigenvalue weighted by molar-refractivity contribution is 5.92. The molecule has 36 heavy (non-hydrogen) atoms. The van der Waals surface area contributed by atoms with Crippen LogP contribution in [-0.2, 0) is 4.79 Å². The van der Waals surface area contributed by atoms with Gasteiger partial charge in [0.2, 0.25) is 11.9 Å². The Morgan fingerprint density at radius 2 is 1.81 bits per heavy atom. The number of aromatic nitrogens is 2. The summed E-state index contributed by atoms with van der Waals surface area (Å²) in [5, 5.41) is 0.318. The zero-order valence-corrected chi connectivity index (χ0v) is 20.7. The van der Waals surface area contributed by atoms with Crippen molar-refractivity contribution in [1.82, 2.24) is 14.9 Å². The van der Waals surface area contributed by atoms with E-state index in [1.54, 1.807) is 23.1 Å². The molecule has 2 heterocycles. The number of hydrogen-bond donors (Lipinski definition) is 2. The number of benzene rings is 2. The second-order valence-corrected chi connectivity index (χ2v) is 8.99. The summed E-state index contributed by atoms with van der Waals surface area (Å²) in [5.74, 6) is -0.648. The first-order chi connectivity index (χ1) is 17.1. The van der Waals surface area contributed by atoms with E-state index in [-0.39, 0.29) is 59.0 Å². The number of carbonyl (C=O) groups excluding carboxylic acids is 1. The van der Waals surface area contributed by atoms with Crippen LogP contribution in [-0.4, -0.2) is 60.2 Å². The van der Waals surface area contributed by atoms with Crippen molar-refractivity contribution < 1.29 is 23.0 Å². The number of rotatable bonds is 6. The molecular weight excluding hydrogens is 470 g/mol. The second kappa shape index (κ2) is 10.1. The van der Waals surface area contributed by atoms with Crippen molar-refractivity contribution >= 4 is 28.6 Å². The lowest BCUT2D eigenvalue weighted by atomic mass is 10.0. The summed E-state index contributed by atoms with van der Waals surface area (Å²) in [6, 6.07) is 6.46. The largest absolute Gasteiger partial charge is 0.493 e. The van der Waals surface area contributed by atoms with Crippen LogP contribution < -0.4 is 25.8 Å². The van der Waals surface area contributed by atoms with Gasteiger partial charge in [-0.3, -0.25) is 4.79 Å². The molecule has 1 aliphatic rings. The molecule has 0 spiro atoms. The zero-order chi connectivity index (χ0) is 26.1. The minimum absolute atomic E-state index is 0.0266. The van der Waals surface area contributed by atoms with Gasteiger partial charge in [-0.05, 0) is 37.6 Å². The number of ether oxygens (including phenoxy) is 2. The van der Waals surface area contributed by atoms with Crippen molar-refractivity contribution in [2.24, 2.45) is 5.73 Å². The van der Waals surface area contributed by atoms with Crippen LogP contribution in [0.3, 0.4) is 0 Å². The Labute approximate surface area is 208 Å². The molecule has 1 aromatic heterocycles. The van der Waals surface area contributed by atoms with Gasteiger partial charge in [0, 0.05) is 43.0 Å². The van der Waals surface area contributed by atoms with E-state index >= 15 is 4.39 Å². The number of nitrogens with zero attached hydrogens (tertiary/aromatic N) is 4. The number of anilines is 2. The highest BCUT2D eigenvalue weighted by Crippen LogP contribution is 2.38.